The van der Waals surface area contributed by atoms with E-state index in [1.807, 2.05) is 6.20 Å². The van der Waals surface area contributed by atoms with Gasteiger partial charge < -0.3 is 15.1 Å². The van der Waals surface area contributed by atoms with Gasteiger partial charge in [0.15, 0.2) is 0 Å². The van der Waals surface area contributed by atoms with Gasteiger partial charge in [0, 0.05) is 25.2 Å². The molecule has 118 valence electrons. The fourth-order valence-electron chi connectivity index (χ4n) is 3.08. The number of anilines is 1. The summed E-state index contributed by atoms with van der Waals surface area (Å²) >= 11 is 0. The summed E-state index contributed by atoms with van der Waals surface area (Å²) in [5.74, 6) is 0. The maximum absolute atomic E-state index is 4.67. The van der Waals surface area contributed by atoms with Crippen molar-refractivity contribution in [1.29, 1.82) is 0 Å². The lowest BCUT2D eigenvalue weighted by atomic mass is 10.2. The normalized spacial score (nSPS) is 20.2. The Balaban J connectivity index is 2.01. The molecule has 1 aliphatic rings. The lowest BCUT2D eigenvalue weighted by Crippen LogP contribution is -2.37. The topological polar surface area (TPSA) is 31.4 Å². The molecular weight excluding hydrogens is 260 g/mol. The van der Waals surface area contributed by atoms with Crippen LogP contribution in [0.2, 0.25) is 0 Å². The van der Waals surface area contributed by atoms with E-state index in [9.17, 15) is 0 Å². The van der Waals surface area contributed by atoms with E-state index >= 15 is 0 Å². The molecule has 0 spiro atoms. The van der Waals surface area contributed by atoms with Crippen molar-refractivity contribution >= 4 is 5.69 Å². The summed E-state index contributed by atoms with van der Waals surface area (Å²) < 4.78 is 0. The number of nitrogens with one attached hydrogen (secondary N) is 1. The average molecular weight is 290 g/mol. The van der Waals surface area contributed by atoms with Gasteiger partial charge in [0.1, 0.15) is 0 Å². The minimum absolute atomic E-state index is 0.329. The van der Waals surface area contributed by atoms with Crippen molar-refractivity contribution in [2.75, 3.05) is 38.6 Å². The van der Waals surface area contributed by atoms with Gasteiger partial charge in [-0.05, 0) is 59.0 Å². The summed E-state index contributed by atoms with van der Waals surface area (Å²) in [6.45, 7) is 7.69. The van der Waals surface area contributed by atoms with Crippen molar-refractivity contribution in [1.82, 2.24) is 15.2 Å². The molecule has 0 bridgehead atoms. The van der Waals surface area contributed by atoms with Gasteiger partial charge in [-0.1, -0.05) is 6.92 Å². The zero-order chi connectivity index (χ0) is 15.2. The number of nitrogens with zero attached hydrogens (tertiary/aromatic N) is 3. The highest BCUT2D eigenvalue weighted by molar-refractivity contribution is 5.47. The molecule has 0 aliphatic carbocycles. The van der Waals surface area contributed by atoms with Crippen molar-refractivity contribution in [2.45, 2.75) is 45.2 Å². The summed E-state index contributed by atoms with van der Waals surface area (Å²) in [7, 11) is 4.30. The smallest absolute Gasteiger partial charge is 0.0572 e. The van der Waals surface area contributed by atoms with Gasteiger partial charge in [-0.25, -0.2) is 0 Å². The van der Waals surface area contributed by atoms with Crippen LogP contribution in [0.4, 0.5) is 5.69 Å². The first-order chi connectivity index (χ1) is 10.1. The second kappa shape index (κ2) is 7.76. The Morgan fingerprint density at radius 3 is 2.86 bits per heavy atom. The minimum atomic E-state index is 0.329. The van der Waals surface area contributed by atoms with Gasteiger partial charge in [0.25, 0.3) is 0 Å². The van der Waals surface area contributed by atoms with Crippen molar-refractivity contribution in [3.63, 3.8) is 0 Å². The summed E-state index contributed by atoms with van der Waals surface area (Å²) in [6, 6.07) is 5.37. The van der Waals surface area contributed by atoms with E-state index in [0.29, 0.717) is 12.1 Å². The largest absolute Gasteiger partial charge is 0.366 e. The number of pyridine rings is 1. The van der Waals surface area contributed by atoms with Gasteiger partial charge in [0.2, 0.25) is 0 Å². The maximum Gasteiger partial charge on any atom is 0.0572 e. The zero-order valence-electron chi connectivity index (χ0n) is 14.0. The second-order valence-corrected chi connectivity index (χ2v) is 6.37. The Bertz CT molecular complexity index is 415. The Kier molecular flexibility index (Phi) is 6.00. The molecule has 2 heterocycles. The molecule has 0 radical (unpaired) electrons. The Hall–Kier alpha value is -1.13. The molecule has 0 amide bonds. The van der Waals surface area contributed by atoms with E-state index in [4.69, 9.17) is 0 Å². The standard InChI is InChI=1S/C17H30N4/c1-5-10-18-14(2)17-9-8-15(12-19-17)21-11-6-7-16(21)13-20(3)4/h8-9,12,14,16,18H,5-7,10-11,13H2,1-4H3. The molecular formula is C17H30N4. The van der Waals surface area contributed by atoms with Gasteiger partial charge in [0.05, 0.1) is 17.6 Å². The maximum atomic E-state index is 4.67. The highest BCUT2D eigenvalue weighted by Gasteiger charge is 2.25. The van der Waals surface area contributed by atoms with Crippen LogP contribution < -0.4 is 10.2 Å². The van der Waals surface area contributed by atoms with E-state index in [1.165, 1.54) is 18.5 Å². The molecule has 21 heavy (non-hydrogen) atoms. The van der Waals surface area contributed by atoms with Crippen LogP contribution in [0.1, 0.15) is 44.8 Å². The van der Waals surface area contributed by atoms with Crippen LogP contribution in [0, 0.1) is 0 Å². The van der Waals surface area contributed by atoms with E-state index in [2.05, 4.69) is 60.2 Å². The number of rotatable bonds is 7. The molecule has 1 aliphatic heterocycles. The third-order valence-electron chi connectivity index (χ3n) is 4.20. The number of hydrogen-bond acceptors (Lipinski definition) is 4. The minimum Gasteiger partial charge on any atom is -0.366 e. The van der Waals surface area contributed by atoms with Crippen molar-refractivity contribution in [2.24, 2.45) is 0 Å². The van der Waals surface area contributed by atoms with Crippen LogP contribution in [0.15, 0.2) is 18.3 Å². The lowest BCUT2D eigenvalue weighted by molar-refractivity contribution is 0.372. The van der Waals surface area contributed by atoms with E-state index in [1.54, 1.807) is 0 Å². The van der Waals surface area contributed by atoms with Crippen molar-refractivity contribution in [3.05, 3.63) is 24.0 Å². The highest BCUT2D eigenvalue weighted by atomic mass is 15.2. The SMILES string of the molecule is CCCNC(C)c1ccc(N2CCCC2CN(C)C)cn1. The molecule has 2 unspecified atom stereocenters. The first-order valence-electron chi connectivity index (χ1n) is 8.22. The third-order valence-corrected chi connectivity index (χ3v) is 4.20. The molecule has 2 atom stereocenters. The van der Waals surface area contributed by atoms with Crippen LogP contribution in [0.25, 0.3) is 0 Å². The molecule has 1 aromatic heterocycles. The highest BCUT2D eigenvalue weighted by Crippen LogP contribution is 2.26. The molecule has 4 heteroatoms. The average Bonchev–Trinajstić information content (AvgIpc) is 2.92. The number of aromatic nitrogens is 1. The number of hydrogen-bond donors (Lipinski definition) is 1. The third kappa shape index (κ3) is 4.42. The lowest BCUT2D eigenvalue weighted by Gasteiger charge is -2.29. The molecule has 4 nitrogen and oxygen atoms in total. The van der Waals surface area contributed by atoms with Crippen LogP contribution >= 0.6 is 0 Å². The van der Waals surface area contributed by atoms with Crippen LogP contribution in [0.5, 0.6) is 0 Å². The van der Waals surface area contributed by atoms with Crippen LogP contribution in [-0.4, -0.2) is 49.7 Å². The van der Waals surface area contributed by atoms with Crippen LogP contribution in [0.3, 0.4) is 0 Å². The molecule has 1 aromatic rings. The Morgan fingerprint density at radius 2 is 2.24 bits per heavy atom. The first-order valence-corrected chi connectivity index (χ1v) is 8.22. The molecule has 0 saturated carbocycles. The molecule has 1 N–H and O–H groups in total. The van der Waals surface area contributed by atoms with E-state index in [0.717, 1.165) is 31.7 Å². The fourth-order valence-corrected chi connectivity index (χ4v) is 3.08. The Labute approximate surface area is 129 Å². The summed E-state index contributed by atoms with van der Waals surface area (Å²) in [4.78, 5) is 9.47. The fraction of sp³-hybridized carbons (Fsp3) is 0.706. The second-order valence-electron chi connectivity index (χ2n) is 6.37. The van der Waals surface area contributed by atoms with Crippen LogP contribution in [-0.2, 0) is 0 Å². The van der Waals surface area contributed by atoms with Crippen molar-refractivity contribution < 1.29 is 0 Å². The summed E-state index contributed by atoms with van der Waals surface area (Å²) in [5, 5.41) is 3.49. The molecule has 1 fully saturated rings. The molecule has 2 rings (SSSR count). The Morgan fingerprint density at radius 1 is 1.43 bits per heavy atom. The predicted molar refractivity (Wildman–Crippen MR) is 89.9 cm³/mol. The summed E-state index contributed by atoms with van der Waals surface area (Å²) in [6.07, 6.45) is 5.78. The first kappa shape index (κ1) is 16.2. The van der Waals surface area contributed by atoms with E-state index < -0.39 is 0 Å². The van der Waals surface area contributed by atoms with Gasteiger partial charge in [-0.3, -0.25) is 4.98 Å². The predicted octanol–water partition coefficient (Wildman–Crippen LogP) is 2.67. The van der Waals surface area contributed by atoms with Gasteiger partial charge in [-0.2, -0.15) is 0 Å². The monoisotopic (exact) mass is 290 g/mol. The summed E-state index contributed by atoms with van der Waals surface area (Å²) in [5.41, 5.74) is 2.40. The van der Waals surface area contributed by atoms with Gasteiger partial charge in [-0.15, -0.1) is 0 Å². The number of likely N-dealkylation sites (N-methyl/N-ethyl adjacent to an activating group) is 1. The zero-order valence-corrected chi connectivity index (χ0v) is 14.0. The van der Waals surface area contributed by atoms with Crippen molar-refractivity contribution in [3.8, 4) is 0 Å². The van der Waals surface area contributed by atoms with Gasteiger partial charge >= 0.3 is 0 Å². The molecule has 0 aromatic carbocycles. The quantitative estimate of drug-likeness (QED) is 0.836. The van der Waals surface area contributed by atoms with E-state index in [-0.39, 0.29) is 0 Å². The molecule has 1 saturated heterocycles.